The standard InChI is InChI=1S/C12H10.C10H14N2O3S/c1-3-7-11(8-4-1)12-9-5-2-6-10-12;1-3-8(4-15-6-13)9-10(12-7(2)14)16-5-11-9/h1-10H;5-6,8H,3-4H2,1-2H3,(H,12,14). The van der Waals surface area contributed by atoms with Crippen molar-refractivity contribution >= 4 is 28.7 Å². The van der Waals surface area contributed by atoms with Crippen molar-refractivity contribution < 1.29 is 14.3 Å². The number of ether oxygens (including phenoxy) is 1. The third kappa shape index (κ3) is 6.63. The Hall–Kier alpha value is -2.99. The van der Waals surface area contributed by atoms with E-state index in [0.717, 1.165) is 17.1 Å². The van der Waals surface area contributed by atoms with Crippen LogP contribution in [-0.4, -0.2) is 24.0 Å². The molecular formula is C22H24N2O3S. The van der Waals surface area contributed by atoms with Gasteiger partial charge in [0.15, 0.2) is 0 Å². The van der Waals surface area contributed by atoms with E-state index in [4.69, 9.17) is 4.74 Å². The summed E-state index contributed by atoms with van der Waals surface area (Å²) < 4.78 is 4.74. The molecule has 0 fully saturated rings. The summed E-state index contributed by atoms with van der Waals surface area (Å²) in [4.78, 5) is 25.3. The van der Waals surface area contributed by atoms with E-state index in [1.54, 1.807) is 5.51 Å². The molecule has 3 rings (SSSR count). The Labute approximate surface area is 169 Å². The largest absolute Gasteiger partial charge is 0.467 e. The predicted octanol–water partition coefficient (Wildman–Crippen LogP) is 5.12. The van der Waals surface area contributed by atoms with Crippen molar-refractivity contribution in [3.63, 3.8) is 0 Å². The van der Waals surface area contributed by atoms with Crippen LogP contribution in [0, 0.1) is 0 Å². The second-order valence-corrected chi connectivity index (χ2v) is 6.87. The van der Waals surface area contributed by atoms with Gasteiger partial charge in [-0.1, -0.05) is 67.6 Å². The van der Waals surface area contributed by atoms with Crippen molar-refractivity contribution in [2.75, 3.05) is 11.9 Å². The highest BCUT2D eigenvalue weighted by Crippen LogP contribution is 2.29. The predicted molar refractivity (Wildman–Crippen MR) is 113 cm³/mol. The summed E-state index contributed by atoms with van der Waals surface area (Å²) in [6, 6.07) is 20.8. The quantitative estimate of drug-likeness (QED) is 0.563. The van der Waals surface area contributed by atoms with Crippen LogP contribution in [-0.2, 0) is 14.3 Å². The molecule has 0 saturated carbocycles. The number of carbonyl (C=O) groups excluding carboxylic acids is 2. The molecule has 1 heterocycles. The number of benzene rings is 2. The van der Waals surface area contributed by atoms with E-state index in [2.05, 4.69) is 58.8 Å². The SMILES string of the molecule is CCC(COC=O)c1ncsc1NC(C)=O.c1ccc(-c2ccccc2)cc1. The number of aromatic nitrogens is 1. The lowest BCUT2D eigenvalue weighted by Gasteiger charge is -2.12. The minimum Gasteiger partial charge on any atom is -0.467 e. The maximum atomic E-state index is 11.0. The van der Waals surface area contributed by atoms with E-state index in [-0.39, 0.29) is 18.4 Å². The maximum absolute atomic E-state index is 11.0. The van der Waals surface area contributed by atoms with Crippen LogP contribution in [0.5, 0.6) is 0 Å². The molecule has 0 aliphatic heterocycles. The van der Waals surface area contributed by atoms with Gasteiger partial charge < -0.3 is 10.1 Å². The molecular weight excluding hydrogens is 372 g/mol. The van der Waals surface area contributed by atoms with Gasteiger partial charge in [-0.2, -0.15) is 0 Å². The highest BCUT2D eigenvalue weighted by atomic mass is 32.1. The Morgan fingerprint density at radius 2 is 1.68 bits per heavy atom. The van der Waals surface area contributed by atoms with Crippen LogP contribution in [0.1, 0.15) is 31.9 Å². The van der Waals surface area contributed by atoms with Crippen LogP contribution in [0.2, 0.25) is 0 Å². The highest BCUT2D eigenvalue weighted by molar-refractivity contribution is 7.14. The molecule has 6 heteroatoms. The van der Waals surface area contributed by atoms with Crippen molar-refractivity contribution in [3.05, 3.63) is 71.9 Å². The van der Waals surface area contributed by atoms with Crippen LogP contribution < -0.4 is 5.32 Å². The van der Waals surface area contributed by atoms with Crippen LogP contribution in [0.4, 0.5) is 5.00 Å². The number of nitrogens with one attached hydrogen (secondary N) is 1. The first-order chi connectivity index (χ1) is 13.7. The molecule has 1 amide bonds. The van der Waals surface area contributed by atoms with Gasteiger partial charge in [-0.25, -0.2) is 4.98 Å². The molecule has 1 unspecified atom stereocenters. The average molecular weight is 397 g/mol. The summed E-state index contributed by atoms with van der Waals surface area (Å²) in [5, 5.41) is 3.45. The van der Waals surface area contributed by atoms with Crippen LogP contribution in [0.15, 0.2) is 66.2 Å². The summed E-state index contributed by atoms with van der Waals surface area (Å²) in [7, 11) is 0. The number of amides is 1. The molecule has 0 aliphatic rings. The topological polar surface area (TPSA) is 68.3 Å². The van der Waals surface area contributed by atoms with Gasteiger partial charge in [0.1, 0.15) is 5.00 Å². The first-order valence-electron chi connectivity index (χ1n) is 9.02. The van der Waals surface area contributed by atoms with Gasteiger partial charge in [0.2, 0.25) is 5.91 Å². The number of anilines is 1. The van der Waals surface area contributed by atoms with E-state index >= 15 is 0 Å². The molecule has 0 aliphatic carbocycles. The zero-order chi connectivity index (χ0) is 20.2. The van der Waals surface area contributed by atoms with E-state index in [1.165, 1.54) is 29.4 Å². The van der Waals surface area contributed by atoms with E-state index < -0.39 is 0 Å². The first kappa shape index (κ1) is 21.3. The molecule has 146 valence electrons. The molecule has 28 heavy (non-hydrogen) atoms. The summed E-state index contributed by atoms with van der Waals surface area (Å²) in [5.74, 6) is -0.102. The molecule has 0 saturated heterocycles. The van der Waals surface area contributed by atoms with Crippen molar-refractivity contribution in [2.45, 2.75) is 26.2 Å². The molecule has 1 aromatic heterocycles. The molecule has 0 spiro atoms. The lowest BCUT2D eigenvalue weighted by Crippen LogP contribution is -2.12. The average Bonchev–Trinajstić information content (AvgIpc) is 3.18. The highest BCUT2D eigenvalue weighted by Gasteiger charge is 2.18. The number of hydrogen-bond acceptors (Lipinski definition) is 5. The summed E-state index contributed by atoms with van der Waals surface area (Å²) in [5.41, 5.74) is 5.00. The number of nitrogens with zero attached hydrogens (tertiary/aromatic N) is 1. The van der Waals surface area contributed by atoms with E-state index in [9.17, 15) is 9.59 Å². The van der Waals surface area contributed by atoms with Gasteiger partial charge in [0, 0.05) is 12.8 Å². The fourth-order valence-electron chi connectivity index (χ4n) is 2.61. The van der Waals surface area contributed by atoms with Crippen LogP contribution >= 0.6 is 11.3 Å². The first-order valence-corrected chi connectivity index (χ1v) is 9.90. The Bertz CT molecular complexity index is 813. The third-order valence-corrected chi connectivity index (χ3v) is 4.77. The number of thiazole rings is 1. The van der Waals surface area contributed by atoms with Crippen molar-refractivity contribution in [1.82, 2.24) is 4.98 Å². The smallest absolute Gasteiger partial charge is 0.293 e. The van der Waals surface area contributed by atoms with Crippen LogP contribution in [0.3, 0.4) is 0 Å². The van der Waals surface area contributed by atoms with Crippen molar-refractivity contribution in [1.29, 1.82) is 0 Å². The van der Waals surface area contributed by atoms with Crippen LogP contribution in [0.25, 0.3) is 11.1 Å². The summed E-state index contributed by atoms with van der Waals surface area (Å²) >= 11 is 1.37. The molecule has 0 bridgehead atoms. The number of carbonyl (C=O) groups is 2. The van der Waals surface area contributed by atoms with Gasteiger partial charge in [-0.05, 0) is 17.5 Å². The zero-order valence-corrected chi connectivity index (χ0v) is 16.8. The third-order valence-electron chi connectivity index (χ3n) is 4.01. The Morgan fingerprint density at radius 1 is 1.11 bits per heavy atom. The molecule has 0 radical (unpaired) electrons. The monoisotopic (exact) mass is 396 g/mol. The lowest BCUT2D eigenvalue weighted by molar-refractivity contribution is -0.129. The van der Waals surface area contributed by atoms with Gasteiger partial charge >= 0.3 is 0 Å². The lowest BCUT2D eigenvalue weighted by atomic mass is 10.0. The minimum absolute atomic E-state index is 0.0262. The number of hydrogen-bond donors (Lipinski definition) is 1. The molecule has 1 atom stereocenters. The van der Waals surface area contributed by atoms with E-state index in [1.807, 2.05) is 19.1 Å². The minimum atomic E-state index is -0.128. The maximum Gasteiger partial charge on any atom is 0.293 e. The fourth-order valence-corrected chi connectivity index (χ4v) is 3.42. The van der Waals surface area contributed by atoms with Gasteiger partial charge in [0.25, 0.3) is 6.47 Å². The second kappa shape index (κ2) is 11.7. The normalized spacial score (nSPS) is 10.9. The van der Waals surface area contributed by atoms with E-state index in [0.29, 0.717) is 6.47 Å². The fraction of sp³-hybridized carbons (Fsp3) is 0.227. The Balaban J connectivity index is 0.000000207. The molecule has 1 N–H and O–H groups in total. The summed E-state index contributed by atoms with van der Waals surface area (Å²) in [6.45, 7) is 4.14. The molecule has 5 nitrogen and oxygen atoms in total. The molecule has 2 aromatic carbocycles. The Kier molecular flexibility index (Phi) is 8.88. The summed E-state index contributed by atoms with van der Waals surface area (Å²) in [6.07, 6.45) is 0.796. The van der Waals surface area contributed by atoms with Crippen molar-refractivity contribution in [2.24, 2.45) is 0 Å². The van der Waals surface area contributed by atoms with Gasteiger partial charge in [-0.15, -0.1) is 11.3 Å². The van der Waals surface area contributed by atoms with Crippen molar-refractivity contribution in [3.8, 4) is 11.1 Å². The zero-order valence-electron chi connectivity index (χ0n) is 16.0. The second-order valence-electron chi connectivity index (χ2n) is 6.01. The number of rotatable bonds is 7. The van der Waals surface area contributed by atoms with Gasteiger partial charge in [-0.3, -0.25) is 9.59 Å². The molecule has 3 aromatic rings. The Morgan fingerprint density at radius 3 is 2.14 bits per heavy atom. The van der Waals surface area contributed by atoms with Gasteiger partial charge in [0.05, 0.1) is 17.8 Å².